The van der Waals surface area contributed by atoms with Gasteiger partial charge in [-0.2, -0.15) is 0 Å². The molecule has 0 aromatic heterocycles. The molecule has 1 fully saturated rings. The maximum Gasteiger partial charge on any atom is 0.0409 e. The highest BCUT2D eigenvalue weighted by molar-refractivity contribution is 6.31. The Morgan fingerprint density at radius 2 is 1.46 bits per heavy atom. The van der Waals surface area contributed by atoms with Crippen molar-refractivity contribution in [2.24, 2.45) is 5.92 Å². The molecule has 2 aromatic carbocycles. The van der Waals surface area contributed by atoms with Crippen molar-refractivity contribution in [3.63, 3.8) is 0 Å². The number of piperazine rings is 1. The Bertz CT molecular complexity index is 723. The summed E-state index contributed by atoms with van der Waals surface area (Å²) in [5.74, 6) is 0.484. The zero-order chi connectivity index (χ0) is 20.1. The summed E-state index contributed by atoms with van der Waals surface area (Å²) in [6.07, 6.45) is 2.33. The number of nitrogens with zero attached hydrogens (tertiary/aromatic N) is 2. The molecule has 0 radical (unpaired) electrons. The van der Waals surface area contributed by atoms with Crippen molar-refractivity contribution in [1.82, 2.24) is 9.80 Å². The average Bonchev–Trinajstić information content (AvgIpc) is 2.68. The van der Waals surface area contributed by atoms with Gasteiger partial charge in [0.05, 0.1) is 0 Å². The monoisotopic (exact) mass is 418 g/mol. The van der Waals surface area contributed by atoms with Crippen LogP contribution in [0.1, 0.15) is 37.8 Å². The van der Waals surface area contributed by atoms with Crippen LogP contribution in [-0.2, 0) is 5.41 Å². The van der Waals surface area contributed by atoms with Crippen molar-refractivity contribution in [3.8, 4) is 0 Å². The predicted octanol–water partition coefficient (Wildman–Crippen LogP) is 5.96. The van der Waals surface area contributed by atoms with Crippen LogP contribution in [-0.4, -0.2) is 49.6 Å². The zero-order valence-corrected chi connectivity index (χ0v) is 18.8. The molecule has 0 N–H and O–H groups in total. The third kappa shape index (κ3) is 4.91. The minimum atomic E-state index is -0.144. The van der Waals surface area contributed by atoms with Gasteiger partial charge in [-0.25, -0.2) is 0 Å². The minimum Gasteiger partial charge on any atom is -0.304 e. The quantitative estimate of drug-likeness (QED) is 0.546. The van der Waals surface area contributed by atoms with E-state index >= 15 is 0 Å². The molecule has 28 heavy (non-hydrogen) atoms. The van der Waals surface area contributed by atoms with Crippen LogP contribution in [0.15, 0.2) is 48.5 Å². The SMILES string of the molecule is CCCC(CN1CCN(C)CC1)C(C)(c1cccc(Cl)c1)c1cccc(Cl)c1. The summed E-state index contributed by atoms with van der Waals surface area (Å²) < 4.78 is 0. The first kappa shape index (κ1) is 21.6. The molecule has 1 unspecified atom stereocenters. The first-order valence-corrected chi connectivity index (χ1v) is 11.1. The summed E-state index contributed by atoms with van der Waals surface area (Å²) >= 11 is 12.8. The lowest BCUT2D eigenvalue weighted by Crippen LogP contribution is -2.49. The summed E-state index contributed by atoms with van der Waals surface area (Å²) in [6, 6.07) is 16.8. The first-order valence-electron chi connectivity index (χ1n) is 10.4. The van der Waals surface area contributed by atoms with Crippen molar-refractivity contribution in [2.75, 3.05) is 39.8 Å². The van der Waals surface area contributed by atoms with Gasteiger partial charge in [0.25, 0.3) is 0 Å². The molecule has 0 spiro atoms. The molecule has 1 atom stereocenters. The molecule has 1 aliphatic heterocycles. The highest BCUT2D eigenvalue weighted by Gasteiger charge is 2.38. The van der Waals surface area contributed by atoms with Crippen molar-refractivity contribution in [2.45, 2.75) is 32.1 Å². The number of benzene rings is 2. The number of halogens is 2. The van der Waals surface area contributed by atoms with E-state index in [4.69, 9.17) is 23.2 Å². The highest BCUT2D eigenvalue weighted by Crippen LogP contribution is 2.43. The Morgan fingerprint density at radius 3 is 1.93 bits per heavy atom. The molecule has 1 aliphatic rings. The molecule has 2 nitrogen and oxygen atoms in total. The molecule has 0 bridgehead atoms. The first-order chi connectivity index (χ1) is 13.4. The molecule has 1 saturated heterocycles. The molecule has 0 aliphatic carbocycles. The second-order valence-corrected chi connectivity index (χ2v) is 9.19. The van der Waals surface area contributed by atoms with Crippen molar-refractivity contribution < 1.29 is 0 Å². The van der Waals surface area contributed by atoms with Gasteiger partial charge in [-0.15, -0.1) is 0 Å². The Kier molecular flexibility index (Phi) is 7.44. The number of rotatable bonds is 7. The minimum absolute atomic E-state index is 0.144. The lowest BCUT2D eigenvalue weighted by Gasteiger charge is -2.43. The van der Waals surface area contributed by atoms with Crippen molar-refractivity contribution in [1.29, 1.82) is 0 Å². The summed E-state index contributed by atoms with van der Waals surface area (Å²) in [6.45, 7) is 10.3. The molecule has 152 valence electrons. The van der Waals surface area contributed by atoms with E-state index in [-0.39, 0.29) is 5.41 Å². The maximum atomic E-state index is 6.42. The standard InChI is InChI=1S/C24H32Cl2N2/c1-4-7-21(18-28-14-12-27(3)13-15-28)24(2,19-8-5-10-22(25)16-19)20-9-6-11-23(26)17-20/h5-6,8-11,16-17,21H,4,7,12-15,18H2,1-3H3. The van der Waals surface area contributed by atoms with E-state index in [2.05, 4.69) is 67.1 Å². The normalized spacial score (nSPS) is 17.6. The molecular formula is C24H32Cl2N2. The second-order valence-electron chi connectivity index (χ2n) is 8.31. The predicted molar refractivity (Wildman–Crippen MR) is 122 cm³/mol. The molecule has 3 rings (SSSR count). The Hall–Kier alpha value is -1.06. The summed E-state index contributed by atoms with van der Waals surface area (Å²) in [7, 11) is 2.21. The molecule has 0 saturated carbocycles. The Morgan fingerprint density at radius 1 is 0.929 bits per heavy atom. The Balaban J connectivity index is 2.02. The zero-order valence-electron chi connectivity index (χ0n) is 17.3. The average molecular weight is 419 g/mol. The van der Waals surface area contributed by atoms with Crippen LogP contribution in [0.25, 0.3) is 0 Å². The van der Waals surface area contributed by atoms with E-state index in [1.807, 2.05) is 12.1 Å². The van der Waals surface area contributed by atoms with Crippen LogP contribution in [0, 0.1) is 5.92 Å². The number of likely N-dealkylation sites (N-methyl/N-ethyl adjacent to an activating group) is 1. The van der Waals surface area contributed by atoms with Crippen LogP contribution >= 0.6 is 23.2 Å². The van der Waals surface area contributed by atoms with E-state index in [9.17, 15) is 0 Å². The van der Waals surface area contributed by atoms with Crippen LogP contribution in [0.3, 0.4) is 0 Å². The van der Waals surface area contributed by atoms with Crippen molar-refractivity contribution >= 4 is 23.2 Å². The van der Waals surface area contributed by atoms with Crippen LogP contribution in [0.4, 0.5) is 0 Å². The van der Waals surface area contributed by atoms with Gasteiger partial charge in [-0.05, 0) is 54.8 Å². The summed E-state index contributed by atoms with van der Waals surface area (Å²) in [4.78, 5) is 5.05. The molecule has 4 heteroatoms. The van der Waals surface area contributed by atoms with Gasteiger partial charge in [0.2, 0.25) is 0 Å². The summed E-state index contributed by atoms with van der Waals surface area (Å²) in [5.41, 5.74) is 2.40. The van der Waals surface area contributed by atoms with Gasteiger partial charge in [-0.3, -0.25) is 0 Å². The fraction of sp³-hybridized carbons (Fsp3) is 0.500. The van der Waals surface area contributed by atoms with Crippen molar-refractivity contribution in [3.05, 3.63) is 69.7 Å². The van der Waals surface area contributed by atoms with Gasteiger partial charge in [0.15, 0.2) is 0 Å². The van der Waals surface area contributed by atoms with Crippen LogP contribution in [0.5, 0.6) is 0 Å². The molecule has 1 heterocycles. The van der Waals surface area contributed by atoms with E-state index in [0.717, 1.165) is 49.2 Å². The topological polar surface area (TPSA) is 6.48 Å². The van der Waals surface area contributed by atoms with Gasteiger partial charge < -0.3 is 9.80 Å². The van der Waals surface area contributed by atoms with E-state index in [0.29, 0.717) is 5.92 Å². The summed E-state index contributed by atoms with van der Waals surface area (Å²) in [5, 5.41) is 1.58. The van der Waals surface area contributed by atoms with E-state index < -0.39 is 0 Å². The number of hydrogen-bond acceptors (Lipinski definition) is 2. The smallest absolute Gasteiger partial charge is 0.0409 e. The fourth-order valence-electron chi connectivity index (χ4n) is 4.51. The molecular weight excluding hydrogens is 387 g/mol. The maximum absolute atomic E-state index is 6.42. The largest absolute Gasteiger partial charge is 0.304 e. The van der Waals surface area contributed by atoms with Gasteiger partial charge in [0, 0.05) is 48.2 Å². The lowest BCUT2D eigenvalue weighted by molar-refractivity contribution is 0.117. The number of hydrogen-bond donors (Lipinski definition) is 0. The molecule has 0 amide bonds. The van der Waals surface area contributed by atoms with Crippen LogP contribution in [0.2, 0.25) is 10.0 Å². The Labute approximate surface area is 180 Å². The van der Waals surface area contributed by atoms with E-state index in [1.165, 1.54) is 17.5 Å². The third-order valence-corrected chi connectivity index (χ3v) is 6.85. The second kappa shape index (κ2) is 9.63. The van der Waals surface area contributed by atoms with Gasteiger partial charge >= 0.3 is 0 Å². The van der Waals surface area contributed by atoms with Gasteiger partial charge in [-0.1, -0.05) is 67.7 Å². The van der Waals surface area contributed by atoms with Gasteiger partial charge in [0.1, 0.15) is 0 Å². The van der Waals surface area contributed by atoms with Crippen LogP contribution < -0.4 is 0 Å². The lowest BCUT2D eigenvalue weighted by atomic mass is 9.65. The fourth-order valence-corrected chi connectivity index (χ4v) is 4.89. The third-order valence-electron chi connectivity index (χ3n) is 6.38. The highest BCUT2D eigenvalue weighted by atomic mass is 35.5. The van der Waals surface area contributed by atoms with E-state index in [1.54, 1.807) is 0 Å². The molecule has 2 aromatic rings.